The van der Waals surface area contributed by atoms with Crippen molar-refractivity contribution in [2.24, 2.45) is 17.8 Å². The van der Waals surface area contributed by atoms with Crippen LogP contribution >= 0.6 is 0 Å². The Hall–Kier alpha value is -0.530. The number of carboxylic acid groups (broad SMARTS) is 1. The van der Waals surface area contributed by atoms with Crippen molar-refractivity contribution in [2.75, 3.05) is 0 Å². The molecule has 0 radical (unpaired) electrons. The van der Waals surface area contributed by atoms with E-state index >= 15 is 0 Å². The van der Waals surface area contributed by atoms with Crippen molar-refractivity contribution in [3.8, 4) is 0 Å². The third-order valence-corrected chi connectivity index (χ3v) is 3.67. The Morgan fingerprint density at radius 1 is 1.36 bits per heavy atom. The van der Waals surface area contributed by atoms with Gasteiger partial charge < -0.3 is 5.11 Å². The first-order chi connectivity index (χ1) is 6.65. The van der Waals surface area contributed by atoms with Gasteiger partial charge in [0, 0.05) is 0 Å². The monoisotopic (exact) mass is 198 g/mol. The average molecular weight is 198 g/mol. The Labute approximate surface area is 86.7 Å². The summed E-state index contributed by atoms with van der Waals surface area (Å²) in [5.74, 6) is 0.923. The molecule has 0 aromatic carbocycles. The van der Waals surface area contributed by atoms with Crippen molar-refractivity contribution in [3.63, 3.8) is 0 Å². The van der Waals surface area contributed by atoms with Crippen LogP contribution in [0.1, 0.15) is 52.4 Å². The lowest BCUT2D eigenvalue weighted by atomic mass is 9.75. The van der Waals surface area contributed by atoms with Crippen LogP contribution in [0.15, 0.2) is 0 Å². The maximum Gasteiger partial charge on any atom is 0.306 e. The molecule has 2 heteroatoms. The summed E-state index contributed by atoms with van der Waals surface area (Å²) in [6.45, 7) is 4.54. The van der Waals surface area contributed by atoms with Crippen LogP contribution in [-0.2, 0) is 4.79 Å². The van der Waals surface area contributed by atoms with Gasteiger partial charge in [-0.25, -0.2) is 0 Å². The van der Waals surface area contributed by atoms with E-state index in [1.54, 1.807) is 0 Å². The lowest BCUT2D eigenvalue weighted by molar-refractivity contribution is -0.143. The summed E-state index contributed by atoms with van der Waals surface area (Å²) in [6.07, 6.45) is 6.58. The van der Waals surface area contributed by atoms with Gasteiger partial charge in [0.25, 0.3) is 0 Å². The summed E-state index contributed by atoms with van der Waals surface area (Å²) in [4.78, 5) is 10.8. The lowest BCUT2D eigenvalue weighted by Crippen LogP contribution is -2.24. The number of carboxylic acids is 1. The predicted molar refractivity (Wildman–Crippen MR) is 57.2 cm³/mol. The minimum atomic E-state index is -0.591. The summed E-state index contributed by atoms with van der Waals surface area (Å²) in [5.41, 5.74) is 0. The molecule has 14 heavy (non-hydrogen) atoms. The fourth-order valence-electron chi connectivity index (χ4n) is 2.63. The lowest BCUT2D eigenvalue weighted by Gasteiger charge is -2.30. The summed E-state index contributed by atoms with van der Waals surface area (Å²) in [6, 6.07) is 0. The summed E-state index contributed by atoms with van der Waals surface area (Å²) < 4.78 is 0. The third-order valence-electron chi connectivity index (χ3n) is 3.67. The van der Waals surface area contributed by atoms with Gasteiger partial charge in [-0.2, -0.15) is 0 Å². The Morgan fingerprint density at radius 3 is 2.36 bits per heavy atom. The van der Waals surface area contributed by atoms with Crippen LogP contribution in [0, 0.1) is 17.8 Å². The highest BCUT2D eigenvalue weighted by Crippen LogP contribution is 2.35. The van der Waals surface area contributed by atoms with Crippen LogP contribution in [-0.4, -0.2) is 11.1 Å². The second-order valence-corrected chi connectivity index (χ2v) is 4.72. The van der Waals surface area contributed by atoms with E-state index in [2.05, 4.69) is 13.8 Å². The molecule has 1 aliphatic carbocycles. The summed E-state index contributed by atoms with van der Waals surface area (Å²) in [5, 5.41) is 8.87. The Morgan fingerprint density at radius 2 is 1.93 bits per heavy atom. The van der Waals surface area contributed by atoms with Crippen LogP contribution in [0.3, 0.4) is 0 Å². The van der Waals surface area contributed by atoms with Gasteiger partial charge in [-0.15, -0.1) is 0 Å². The van der Waals surface area contributed by atoms with Crippen molar-refractivity contribution >= 4 is 5.97 Å². The van der Waals surface area contributed by atoms with Crippen LogP contribution in [0.25, 0.3) is 0 Å². The van der Waals surface area contributed by atoms with E-state index < -0.39 is 5.97 Å². The molecule has 0 aliphatic heterocycles. The molecule has 0 spiro atoms. The Balaban J connectivity index is 2.31. The highest BCUT2D eigenvalue weighted by molar-refractivity contribution is 5.69. The Kier molecular flexibility index (Phi) is 4.43. The molecule has 0 amide bonds. The van der Waals surface area contributed by atoms with E-state index in [0.717, 1.165) is 37.5 Å². The third kappa shape index (κ3) is 3.00. The van der Waals surface area contributed by atoms with Gasteiger partial charge in [-0.05, 0) is 37.5 Å². The van der Waals surface area contributed by atoms with Crippen LogP contribution in [0.2, 0.25) is 0 Å². The zero-order valence-electron chi connectivity index (χ0n) is 9.33. The van der Waals surface area contributed by atoms with Crippen LogP contribution < -0.4 is 0 Å². The van der Waals surface area contributed by atoms with Crippen molar-refractivity contribution in [2.45, 2.75) is 52.4 Å². The molecule has 0 aromatic rings. The minimum absolute atomic E-state index is 0.0555. The van der Waals surface area contributed by atoms with E-state index in [4.69, 9.17) is 5.11 Å². The number of rotatable bonds is 4. The average Bonchev–Trinajstić information content (AvgIpc) is 2.18. The zero-order chi connectivity index (χ0) is 10.6. The summed E-state index contributed by atoms with van der Waals surface area (Å²) in [7, 11) is 0. The maximum absolute atomic E-state index is 10.8. The van der Waals surface area contributed by atoms with Gasteiger partial charge in [0.05, 0.1) is 5.92 Å². The predicted octanol–water partition coefficient (Wildman–Crippen LogP) is 3.31. The van der Waals surface area contributed by atoms with E-state index in [1.807, 2.05) is 0 Å². The molecule has 1 aliphatic rings. The molecule has 1 saturated carbocycles. The molecule has 82 valence electrons. The van der Waals surface area contributed by atoms with Gasteiger partial charge in [-0.1, -0.05) is 26.7 Å². The Bertz CT molecular complexity index is 181. The molecule has 2 nitrogen and oxygen atoms in total. The second-order valence-electron chi connectivity index (χ2n) is 4.72. The first kappa shape index (κ1) is 11.5. The maximum atomic E-state index is 10.8. The van der Waals surface area contributed by atoms with E-state index in [0.29, 0.717) is 0 Å². The fraction of sp³-hybridized carbons (Fsp3) is 0.917. The quantitative estimate of drug-likeness (QED) is 0.752. The van der Waals surface area contributed by atoms with Gasteiger partial charge in [-0.3, -0.25) is 4.79 Å². The molecule has 0 saturated heterocycles. The van der Waals surface area contributed by atoms with E-state index in [-0.39, 0.29) is 5.92 Å². The SMILES string of the molecule is CCCC(C)C1CCC(C(=O)O)CC1. The van der Waals surface area contributed by atoms with Crippen molar-refractivity contribution in [1.82, 2.24) is 0 Å². The molecule has 1 rings (SSSR count). The topological polar surface area (TPSA) is 37.3 Å². The molecule has 1 N–H and O–H groups in total. The largest absolute Gasteiger partial charge is 0.481 e. The highest BCUT2D eigenvalue weighted by atomic mass is 16.4. The number of hydrogen-bond acceptors (Lipinski definition) is 1. The molecule has 1 unspecified atom stereocenters. The van der Waals surface area contributed by atoms with Gasteiger partial charge in [0.15, 0.2) is 0 Å². The minimum Gasteiger partial charge on any atom is -0.481 e. The van der Waals surface area contributed by atoms with Crippen LogP contribution in [0.5, 0.6) is 0 Å². The van der Waals surface area contributed by atoms with Crippen molar-refractivity contribution in [1.29, 1.82) is 0 Å². The number of carbonyl (C=O) groups is 1. The van der Waals surface area contributed by atoms with E-state index in [9.17, 15) is 4.79 Å². The molecule has 1 fully saturated rings. The van der Waals surface area contributed by atoms with Gasteiger partial charge in [0.2, 0.25) is 0 Å². The number of aliphatic carboxylic acids is 1. The number of hydrogen-bond donors (Lipinski definition) is 1. The molecular formula is C12H22O2. The first-order valence-corrected chi connectivity index (χ1v) is 5.88. The van der Waals surface area contributed by atoms with E-state index in [1.165, 1.54) is 12.8 Å². The first-order valence-electron chi connectivity index (χ1n) is 5.88. The molecule has 0 aromatic heterocycles. The van der Waals surface area contributed by atoms with Crippen molar-refractivity contribution < 1.29 is 9.90 Å². The smallest absolute Gasteiger partial charge is 0.306 e. The standard InChI is InChI=1S/C12H22O2/c1-3-4-9(2)10-5-7-11(8-6-10)12(13)14/h9-11H,3-8H2,1-2H3,(H,13,14). The molecule has 1 atom stereocenters. The van der Waals surface area contributed by atoms with Gasteiger partial charge >= 0.3 is 5.97 Å². The molecule has 0 heterocycles. The normalized spacial score (nSPS) is 29.9. The molecule has 0 bridgehead atoms. The molecular weight excluding hydrogens is 176 g/mol. The highest BCUT2D eigenvalue weighted by Gasteiger charge is 2.28. The van der Waals surface area contributed by atoms with Crippen molar-refractivity contribution in [3.05, 3.63) is 0 Å². The summed E-state index contributed by atoms with van der Waals surface area (Å²) >= 11 is 0. The second kappa shape index (κ2) is 5.38. The zero-order valence-corrected chi connectivity index (χ0v) is 9.33. The van der Waals surface area contributed by atoms with Crippen LogP contribution in [0.4, 0.5) is 0 Å². The fourth-order valence-corrected chi connectivity index (χ4v) is 2.63. The van der Waals surface area contributed by atoms with Gasteiger partial charge in [0.1, 0.15) is 0 Å².